The van der Waals surface area contributed by atoms with E-state index < -0.39 is 15.4 Å². The van der Waals surface area contributed by atoms with Crippen molar-refractivity contribution in [1.29, 1.82) is 0 Å². The highest BCUT2D eigenvalue weighted by Gasteiger charge is 2.62. The van der Waals surface area contributed by atoms with Crippen LogP contribution in [-0.2, 0) is 25.9 Å². The predicted octanol–water partition coefficient (Wildman–Crippen LogP) is 3.89. The number of nitrogens with zero attached hydrogens (tertiary/aromatic N) is 2. The number of Topliss-reactive ketones (excluding diaryl/α,β-unsaturated/α-hetero) is 1. The molecule has 35 heavy (non-hydrogen) atoms. The minimum Gasteiger partial charge on any atom is -0.387 e. The van der Waals surface area contributed by atoms with E-state index in [9.17, 15) is 18.3 Å². The molecular formula is C27H42N2O5S. The Balaban J connectivity index is 1.30. The number of ketones is 1. The summed E-state index contributed by atoms with van der Waals surface area (Å²) in [5.41, 5.74) is -0.396. The van der Waals surface area contributed by atoms with Gasteiger partial charge in [-0.3, -0.25) is 9.48 Å². The first-order valence-electron chi connectivity index (χ1n) is 13.4. The zero-order valence-electron chi connectivity index (χ0n) is 21.7. The predicted molar refractivity (Wildman–Crippen MR) is 132 cm³/mol. The molecule has 1 N–H and O–H groups in total. The van der Waals surface area contributed by atoms with Crippen molar-refractivity contribution in [2.75, 3.05) is 20.0 Å². The molecule has 1 aromatic heterocycles. The van der Waals surface area contributed by atoms with E-state index in [1.54, 1.807) is 7.11 Å². The van der Waals surface area contributed by atoms with Crippen LogP contribution in [0.4, 0.5) is 0 Å². The number of hydrogen-bond donors (Lipinski definition) is 1. The maximum atomic E-state index is 13.5. The summed E-state index contributed by atoms with van der Waals surface area (Å²) in [6.07, 6.45) is 13.4. The van der Waals surface area contributed by atoms with Crippen LogP contribution in [0, 0.1) is 40.4 Å². The first-order chi connectivity index (χ1) is 16.4. The van der Waals surface area contributed by atoms with Crippen LogP contribution in [0.25, 0.3) is 0 Å². The third-order valence-corrected chi connectivity index (χ3v) is 12.0. The molecule has 4 saturated carbocycles. The molecule has 1 heterocycles. The number of hydrogen-bond acceptors (Lipinski definition) is 6. The van der Waals surface area contributed by atoms with Gasteiger partial charge in [-0.25, -0.2) is 8.42 Å². The molecule has 0 aliphatic heterocycles. The van der Waals surface area contributed by atoms with Gasteiger partial charge in [0.2, 0.25) is 0 Å². The maximum absolute atomic E-state index is 13.5. The van der Waals surface area contributed by atoms with E-state index in [0.29, 0.717) is 30.3 Å². The fourth-order valence-electron chi connectivity index (χ4n) is 9.14. The van der Waals surface area contributed by atoms with Crippen LogP contribution in [0.1, 0.15) is 71.6 Å². The van der Waals surface area contributed by atoms with Gasteiger partial charge in [-0.15, -0.1) is 0 Å². The highest BCUT2D eigenvalue weighted by molar-refractivity contribution is 7.90. The molecule has 8 heteroatoms. The largest absolute Gasteiger partial charge is 0.387 e. The van der Waals surface area contributed by atoms with E-state index in [2.05, 4.69) is 18.9 Å². The molecule has 1 aromatic rings. The van der Waals surface area contributed by atoms with Gasteiger partial charge in [0.25, 0.3) is 0 Å². The van der Waals surface area contributed by atoms with Crippen molar-refractivity contribution >= 4 is 15.6 Å². The van der Waals surface area contributed by atoms with E-state index >= 15 is 0 Å². The quantitative estimate of drug-likeness (QED) is 0.629. The van der Waals surface area contributed by atoms with Crippen molar-refractivity contribution in [3.05, 3.63) is 12.4 Å². The molecule has 0 aromatic carbocycles. The van der Waals surface area contributed by atoms with Crippen molar-refractivity contribution < 1.29 is 23.1 Å². The number of carbonyl (C=O) groups excluding carboxylic acids is 1. The Labute approximate surface area is 209 Å². The maximum Gasteiger partial charge on any atom is 0.178 e. The van der Waals surface area contributed by atoms with Crippen LogP contribution in [-0.4, -0.2) is 54.7 Å². The van der Waals surface area contributed by atoms with Gasteiger partial charge in [-0.05, 0) is 92.3 Å². The fourth-order valence-corrected chi connectivity index (χ4v) is 9.70. The van der Waals surface area contributed by atoms with E-state index in [0.717, 1.165) is 57.6 Å². The van der Waals surface area contributed by atoms with Gasteiger partial charge in [0.15, 0.2) is 15.6 Å². The average Bonchev–Trinajstić information content (AvgIpc) is 3.38. The smallest absolute Gasteiger partial charge is 0.178 e. The van der Waals surface area contributed by atoms with Gasteiger partial charge < -0.3 is 9.84 Å². The van der Waals surface area contributed by atoms with E-state index in [-0.39, 0.29) is 34.0 Å². The summed E-state index contributed by atoms with van der Waals surface area (Å²) in [5, 5.41) is 15.2. The molecule has 0 bridgehead atoms. The molecule has 4 fully saturated rings. The number of aliphatic hydroxyl groups is 1. The average molecular weight is 507 g/mol. The summed E-state index contributed by atoms with van der Waals surface area (Å²) in [4.78, 5) is 13.6. The molecule has 196 valence electrons. The van der Waals surface area contributed by atoms with Gasteiger partial charge in [-0.2, -0.15) is 5.10 Å². The summed E-state index contributed by atoms with van der Waals surface area (Å²) in [6.45, 7) is 5.41. The van der Waals surface area contributed by atoms with Crippen LogP contribution in [0.3, 0.4) is 0 Å². The second kappa shape index (κ2) is 8.66. The Morgan fingerprint density at radius 3 is 2.54 bits per heavy atom. The third kappa shape index (κ3) is 4.21. The molecule has 0 spiro atoms. The van der Waals surface area contributed by atoms with Gasteiger partial charge in [-0.1, -0.05) is 13.8 Å². The van der Waals surface area contributed by atoms with Gasteiger partial charge in [0, 0.05) is 25.5 Å². The molecule has 0 radical (unpaired) electrons. The number of ether oxygens (including phenoxy) is 1. The molecule has 5 rings (SSSR count). The Hall–Kier alpha value is -1.25. The Morgan fingerprint density at radius 1 is 1.11 bits per heavy atom. The Bertz CT molecular complexity index is 1090. The minimum atomic E-state index is -3.32. The normalized spacial score (nSPS) is 43.3. The fraction of sp³-hybridized carbons (Fsp3) is 0.852. The lowest BCUT2D eigenvalue weighted by Crippen LogP contribution is -2.56. The van der Waals surface area contributed by atoms with Crippen molar-refractivity contribution in [2.24, 2.45) is 40.4 Å². The first-order valence-corrected chi connectivity index (χ1v) is 15.3. The number of fused-ring (bicyclic) bond motifs is 5. The van der Waals surface area contributed by atoms with Crippen molar-refractivity contribution in [3.8, 4) is 0 Å². The van der Waals surface area contributed by atoms with Crippen molar-refractivity contribution in [1.82, 2.24) is 9.78 Å². The van der Waals surface area contributed by atoms with Crippen molar-refractivity contribution in [2.45, 2.75) is 88.7 Å². The molecule has 0 unspecified atom stereocenters. The zero-order valence-corrected chi connectivity index (χ0v) is 22.5. The zero-order chi connectivity index (χ0) is 25.2. The molecule has 0 amide bonds. The summed E-state index contributed by atoms with van der Waals surface area (Å²) in [7, 11) is -1.64. The highest BCUT2D eigenvalue weighted by Crippen LogP contribution is 2.68. The number of methoxy groups -OCH3 is 1. The number of carbonyl (C=O) groups is 1. The van der Waals surface area contributed by atoms with Gasteiger partial charge in [0.05, 0.1) is 24.9 Å². The lowest BCUT2D eigenvalue weighted by atomic mass is 9.44. The SMILES string of the molecule is COC[C@@]1(O)CC[C@@]2(C)[C@@H](CC[C@@H]3[C@@H]2CC[C@]2(C)[C@@H](C(=O)Cn4cc(S(C)(=O)=O)cn4)CC[C@@H]32)C1. The first kappa shape index (κ1) is 25.4. The standard InChI is InChI=1S/C27H42N2O5S/c1-25-11-12-27(31,17-34-3)13-18(25)5-6-20-21-7-8-23(26(21,2)10-9-22(20)25)24(30)16-29-15-19(14-28-29)35(4,32)33/h14-15,18,20-23,31H,5-13,16-17H2,1-4H3/t18-,20-,21-,22-,23+,25-,26-,27+/m0/s1. The van der Waals surface area contributed by atoms with Crippen LogP contribution >= 0.6 is 0 Å². The molecule has 4 aliphatic rings. The molecule has 0 saturated heterocycles. The second-order valence-corrected chi connectivity index (χ2v) is 14.8. The molecule has 8 atom stereocenters. The number of sulfone groups is 1. The Morgan fingerprint density at radius 2 is 1.86 bits per heavy atom. The summed E-state index contributed by atoms with van der Waals surface area (Å²) >= 11 is 0. The van der Waals surface area contributed by atoms with Crippen molar-refractivity contribution in [3.63, 3.8) is 0 Å². The summed E-state index contributed by atoms with van der Waals surface area (Å²) in [5.74, 6) is 2.65. The van der Waals surface area contributed by atoms with Gasteiger partial charge in [0.1, 0.15) is 4.90 Å². The van der Waals surface area contributed by atoms with Crippen LogP contribution in [0.15, 0.2) is 17.3 Å². The third-order valence-electron chi connectivity index (χ3n) is 11.0. The number of rotatable bonds is 6. The minimum absolute atomic E-state index is 0.0136. The molecular weight excluding hydrogens is 464 g/mol. The van der Waals surface area contributed by atoms with Crippen LogP contribution in [0.2, 0.25) is 0 Å². The van der Waals surface area contributed by atoms with E-state index in [1.807, 2.05) is 0 Å². The monoisotopic (exact) mass is 506 g/mol. The Kier molecular flexibility index (Phi) is 6.28. The van der Waals surface area contributed by atoms with Crippen LogP contribution < -0.4 is 0 Å². The van der Waals surface area contributed by atoms with E-state index in [4.69, 9.17) is 4.74 Å². The molecule has 4 aliphatic carbocycles. The highest BCUT2D eigenvalue weighted by atomic mass is 32.2. The van der Waals surface area contributed by atoms with E-state index in [1.165, 1.54) is 23.5 Å². The summed E-state index contributed by atoms with van der Waals surface area (Å²) < 4.78 is 30.4. The number of aromatic nitrogens is 2. The summed E-state index contributed by atoms with van der Waals surface area (Å²) in [6, 6.07) is 0. The van der Waals surface area contributed by atoms with Gasteiger partial charge >= 0.3 is 0 Å². The van der Waals surface area contributed by atoms with Crippen LogP contribution in [0.5, 0.6) is 0 Å². The lowest BCUT2D eigenvalue weighted by Gasteiger charge is -2.62. The topological polar surface area (TPSA) is 98.5 Å². The lowest BCUT2D eigenvalue weighted by molar-refractivity contribution is -0.164. The second-order valence-electron chi connectivity index (χ2n) is 12.8. The molecule has 7 nitrogen and oxygen atoms in total.